The molecule has 0 bridgehead atoms. The number of ketones is 1. The number of hydrogen-bond acceptors (Lipinski definition) is 6. The summed E-state index contributed by atoms with van der Waals surface area (Å²) in [6, 6.07) is 12.8. The SMILES string of the molecule is COc1cc(C(=O)CCc2c(O)c(C)c3c(c2OC)CC[C@@H](c2ccc(C)cc2)O3)ccc1O. The van der Waals surface area contributed by atoms with E-state index in [1.165, 1.54) is 24.8 Å². The van der Waals surface area contributed by atoms with Crippen LogP contribution < -0.4 is 14.2 Å². The molecular formula is C28H30O6. The van der Waals surface area contributed by atoms with Crippen molar-refractivity contribution >= 4 is 5.78 Å². The Bertz CT molecular complexity index is 1210. The van der Waals surface area contributed by atoms with Crippen molar-refractivity contribution in [2.75, 3.05) is 14.2 Å². The number of carbonyl (C=O) groups excluding carboxylic acids is 1. The molecule has 0 aliphatic carbocycles. The summed E-state index contributed by atoms with van der Waals surface area (Å²) < 4.78 is 17.2. The van der Waals surface area contributed by atoms with Gasteiger partial charge in [-0.05, 0) is 56.9 Å². The molecule has 1 heterocycles. The van der Waals surface area contributed by atoms with E-state index >= 15 is 0 Å². The van der Waals surface area contributed by atoms with Gasteiger partial charge in [-0.3, -0.25) is 4.79 Å². The molecule has 0 radical (unpaired) electrons. The molecule has 0 saturated heterocycles. The summed E-state index contributed by atoms with van der Waals surface area (Å²) in [6.45, 7) is 3.89. The Morgan fingerprint density at radius 1 is 1.06 bits per heavy atom. The van der Waals surface area contributed by atoms with Crippen LogP contribution in [0, 0.1) is 13.8 Å². The van der Waals surface area contributed by atoms with E-state index in [9.17, 15) is 15.0 Å². The number of fused-ring (bicyclic) bond motifs is 1. The summed E-state index contributed by atoms with van der Waals surface area (Å²) in [6.07, 6.45) is 1.93. The number of carbonyl (C=O) groups is 1. The van der Waals surface area contributed by atoms with Gasteiger partial charge in [0.1, 0.15) is 23.4 Å². The van der Waals surface area contributed by atoms with Gasteiger partial charge in [-0.25, -0.2) is 0 Å². The molecule has 178 valence electrons. The lowest BCUT2D eigenvalue weighted by atomic mass is 9.90. The van der Waals surface area contributed by atoms with Crippen LogP contribution >= 0.6 is 0 Å². The monoisotopic (exact) mass is 462 g/mol. The fourth-order valence-corrected chi connectivity index (χ4v) is 4.54. The van der Waals surface area contributed by atoms with Crippen LogP contribution in [0.5, 0.6) is 28.7 Å². The highest BCUT2D eigenvalue weighted by Crippen LogP contribution is 2.48. The molecule has 6 nitrogen and oxygen atoms in total. The second-order valence-electron chi connectivity index (χ2n) is 8.66. The van der Waals surface area contributed by atoms with Crippen LogP contribution in [0.1, 0.15) is 57.1 Å². The van der Waals surface area contributed by atoms with E-state index in [-0.39, 0.29) is 35.6 Å². The van der Waals surface area contributed by atoms with Crippen LogP contribution in [-0.2, 0) is 12.8 Å². The predicted molar refractivity (Wildman–Crippen MR) is 130 cm³/mol. The normalized spacial score (nSPS) is 14.8. The second-order valence-corrected chi connectivity index (χ2v) is 8.66. The molecule has 34 heavy (non-hydrogen) atoms. The van der Waals surface area contributed by atoms with Gasteiger partial charge in [0.05, 0.1) is 14.2 Å². The Morgan fingerprint density at radius 3 is 2.47 bits per heavy atom. The van der Waals surface area contributed by atoms with Gasteiger partial charge in [0, 0.05) is 28.7 Å². The zero-order chi connectivity index (χ0) is 24.4. The maximum atomic E-state index is 12.8. The number of ether oxygens (including phenoxy) is 3. The number of phenols is 2. The fraction of sp³-hybridized carbons (Fsp3) is 0.321. The van der Waals surface area contributed by atoms with Crippen molar-refractivity contribution in [3.05, 3.63) is 75.8 Å². The molecule has 3 aromatic rings. The van der Waals surface area contributed by atoms with Gasteiger partial charge >= 0.3 is 0 Å². The summed E-state index contributed by atoms with van der Waals surface area (Å²) in [5.74, 6) is 1.44. The average Bonchev–Trinajstić information content (AvgIpc) is 2.85. The van der Waals surface area contributed by atoms with Gasteiger partial charge in [-0.2, -0.15) is 0 Å². The van der Waals surface area contributed by atoms with Crippen molar-refractivity contribution in [2.45, 2.75) is 45.6 Å². The number of benzene rings is 3. The maximum absolute atomic E-state index is 12.8. The molecule has 4 rings (SSSR count). The molecule has 0 fully saturated rings. The molecule has 1 atom stereocenters. The molecular weight excluding hydrogens is 432 g/mol. The summed E-state index contributed by atoms with van der Waals surface area (Å²) >= 11 is 0. The number of Topliss-reactive ketones (excluding diaryl/α,β-unsaturated/α-hetero) is 1. The minimum atomic E-state index is -0.120. The van der Waals surface area contributed by atoms with Crippen molar-refractivity contribution in [3.8, 4) is 28.7 Å². The van der Waals surface area contributed by atoms with Crippen LogP contribution in [0.15, 0.2) is 42.5 Å². The van der Waals surface area contributed by atoms with Crippen molar-refractivity contribution in [3.63, 3.8) is 0 Å². The Hall–Kier alpha value is -3.67. The first-order valence-electron chi connectivity index (χ1n) is 11.4. The van der Waals surface area contributed by atoms with E-state index in [2.05, 4.69) is 31.2 Å². The standard InChI is InChI=1S/C28H30O6/c1-16-5-7-18(8-6-16)24-14-11-21-27(34-24)17(2)26(31)20(28(21)33-4)10-13-22(29)19-9-12-23(30)25(15-19)32-3/h5-9,12,15,24,30-31H,10-11,13-14H2,1-4H3/t24-/m0/s1. The van der Waals surface area contributed by atoms with E-state index in [1.807, 2.05) is 6.92 Å². The third-order valence-corrected chi connectivity index (χ3v) is 6.48. The third-order valence-electron chi connectivity index (χ3n) is 6.48. The molecule has 1 aliphatic rings. The summed E-state index contributed by atoms with van der Waals surface area (Å²) in [7, 11) is 3.01. The highest BCUT2D eigenvalue weighted by atomic mass is 16.5. The lowest BCUT2D eigenvalue weighted by Gasteiger charge is -2.30. The molecule has 0 unspecified atom stereocenters. The fourth-order valence-electron chi connectivity index (χ4n) is 4.54. The number of aromatic hydroxyl groups is 2. The number of phenolic OH excluding ortho intramolecular Hbond substituents is 2. The number of methoxy groups -OCH3 is 2. The lowest BCUT2D eigenvalue weighted by Crippen LogP contribution is -2.18. The Labute approximate surface area is 199 Å². The Kier molecular flexibility index (Phi) is 6.68. The zero-order valence-electron chi connectivity index (χ0n) is 20.0. The lowest BCUT2D eigenvalue weighted by molar-refractivity contribution is 0.0982. The van der Waals surface area contributed by atoms with Gasteiger partial charge in [-0.1, -0.05) is 29.8 Å². The Balaban J connectivity index is 1.59. The maximum Gasteiger partial charge on any atom is 0.163 e. The van der Waals surface area contributed by atoms with Crippen molar-refractivity contribution in [1.29, 1.82) is 0 Å². The molecule has 3 aromatic carbocycles. The van der Waals surface area contributed by atoms with Crippen molar-refractivity contribution in [2.24, 2.45) is 0 Å². The van der Waals surface area contributed by atoms with Gasteiger partial charge < -0.3 is 24.4 Å². The summed E-state index contributed by atoms with van der Waals surface area (Å²) in [5, 5.41) is 20.8. The number of rotatable bonds is 7. The van der Waals surface area contributed by atoms with Crippen LogP contribution in [0.3, 0.4) is 0 Å². The van der Waals surface area contributed by atoms with Crippen LogP contribution in [0.4, 0.5) is 0 Å². The quantitative estimate of drug-likeness (QED) is 0.444. The number of aryl methyl sites for hydroxylation is 1. The minimum Gasteiger partial charge on any atom is -0.507 e. The average molecular weight is 463 g/mol. The highest BCUT2D eigenvalue weighted by molar-refractivity contribution is 5.97. The molecule has 6 heteroatoms. The topological polar surface area (TPSA) is 85.2 Å². The zero-order valence-corrected chi connectivity index (χ0v) is 20.0. The third kappa shape index (κ3) is 4.40. The molecule has 0 aromatic heterocycles. The molecule has 2 N–H and O–H groups in total. The molecule has 0 spiro atoms. The molecule has 0 amide bonds. The van der Waals surface area contributed by atoms with E-state index < -0.39 is 0 Å². The second kappa shape index (κ2) is 9.67. The minimum absolute atomic E-state index is 0.0207. The van der Waals surface area contributed by atoms with E-state index in [4.69, 9.17) is 14.2 Å². The van der Waals surface area contributed by atoms with Crippen LogP contribution in [0.2, 0.25) is 0 Å². The summed E-state index contributed by atoms with van der Waals surface area (Å²) in [4.78, 5) is 12.8. The first kappa shape index (κ1) is 23.5. The largest absolute Gasteiger partial charge is 0.507 e. The van der Waals surface area contributed by atoms with Gasteiger partial charge in [0.25, 0.3) is 0 Å². The molecule has 0 saturated carbocycles. The Morgan fingerprint density at radius 2 is 1.79 bits per heavy atom. The van der Waals surface area contributed by atoms with Crippen molar-refractivity contribution in [1.82, 2.24) is 0 Å². The number of hydrogen-bond donors (Lipinski definition) is 2. The predicted octanol–water partition coefficient (Wildman–Crippen LogP) is 5.61. The molecule has 1 aliphatic heterocycles. The summed E-state index contributed by atoms with van der Waals surface area (Å²) in [5.41, 5.74) is 4.92. The smallest absolute Gasteiger partial charge is 0.163 e. The van der Waals surface area contributed by atoms with Gasteiger partial charge in [0.15, 0.2) is 17.3 Å². The van der Waals surface area contributed by atoms with E-state index in [1.54, 1.807) is 13.2 Å². The van der Waals surface area contributed by atoms with Gasteiger partial charge in [-0.15, -0.1) is 0 Å². The van der Waals surface area contributed by atoms with Gasteiger partial charge in [0.2, 0.25) is 0 Å². The van der Waals surface area contributed by atoms with Crippen LogP contribution in [-0.4, -0.2) is 30.2 Å². The van der Waals surface area contributed by atoms with Crippen LogP contribution in [0.25, 0.3) is 0 Å². The van der Waals surface area contributed by atoms with E-state index in [0.29, 0.717) is 34.6 Å². The van der Waals surface area contributed by atoms with E-state index in [0.717, 1.165) is 24.0 Å². The first-order chi connectivity index (χ1) is 16.3. The first-order valence-corrected chi connectivity index (χ1v) is 11.4. The highest BCUT2D eigenvalue weighted by Gasteiger charge is 2.30. The van der Waals surface area contributed by atoms with Crippen molar-refractivity contribution < 1.29 is 29.2 Å².